The molecule has 0 radical (unpaired) electrons. The van der Waals surface area contributed by atoms with Gasteiger partial charge in [0.15, 0.2) is 0 Å². The van der Waals surface area contributed by atoms with E-state index in [4.69, 9.17) is 16.3 Å². The van der Waals surface area contributed by atoms with Crippen LogP contribution < -0.4 is 10.0 Å². The monoisotopic (exact) mass is 396 g/mol. The minimum absolute atomic E-state index is 0.0407. The third-order valence-electron chi connectivity index (χ3n) is 3.62. The number of halogens is 1. The summed E-state index contributed by atoms with van der Waals surface area (Å²) in [4.78, 5) is 12.3. The topological polar surface area (TPSA) is 84.5 Å². The maximum absolute atomic E-state index is 12.3. The molecule has 6 nitrogen and oxygen atoms in total. The van der Waals surface area contributed by atoms with Crippen LogP contribution in [0.5, 0.6) is 0 Å². The van der Waals surface area contributed by atoms with Gasteiger partial charge < -0.3 is 10.1 Å². The van der Waals surface area contributed by atoms with Gasteiger partial charge in [0.05, 0.1) is 11.5 Å². The van der Waals surface area contributed by atoms with Crippen LogP contribution in [0.3, 0.4) is 0 Å². The highest BCUT2D eigenvalue weighted by molar-refractivity contribution is 7.89. The van der Waals surface area contributed by atoms with E-state index in [1.54, 1.807) is 24.3 Å². The first-order chi connectivity index (χ1) is 12.4. The molecule has 26 heavy (non-hydrogen) atoms. The molecule has 0 aliphatic rings. The Kier molecular flexibility index (Phi) is 7.59. The lowest BCUT2D eigenvalue weighted by molar-refractivity contribution is 0.0954. The fraction of sp³-hybridized carbons (Fsp3) is 0.278. The smallest absolute Gasteiger partial charge is 0.251 e. The van der Waals surface area contributed by atoms with Crippen LogP contribution in [0, 0.1) is 0 Å². The van der Waals surface area contributed by atoms with Crippen molar-refractivity contribution >= 4 is 27.5 Å². The Bertz CT molecular complexity index is 839. The standard InChI is InChI=1S/C18H21ClN2O4S/c1-25-12-11-21-26(23,24)17-4-2-3-15(13-17)18(22)20-10-9-14-5-7-16(19)8-6-14/h2-8,13,21H,9-12H2,1H3,(H,20,22). The maximum Gasteiger partial charge on any atom is 0.251 e. The second-order valence-corrected chi connectivity index (χ2v) is 7.75. The molecule has 0 unspecified atom stereocenters. The van der Waals surface area contributed by atoms with E-state index in [0.717, 1.165) is 5.56 Å². The highest BCUT2D eigenvalue weighted by Gasteiger charge is 2.15. The van der Waals surface area contributed by atoms with Crippen LogP contribution >= 0.6 is 11.6 Å². The van der Waals surface area contributed by atoms with Crippen molar-refractivity contribution in [2.75, 3.05) is 26.8 Å². The van der Waals surface area contributed by atoms with Gasteiger partial charge in [-0.15, -0.1) is 0 Å². The number of hydrogen-bond acceptors (Lipinski definition) is 4. The fourth-order valence-electron chi connectivity index (χ4n) is 2.24. The molecule has 0 aliphatic heterocycles. The molecule has 0 fully saturated rings. The SMILES string of the molecule is COCCNS(=O)(=O)c1cccc(C(=O)NCCc2ccc(Cl)cc2)c1. The minimum atomic E-state index is -3.68. The number of carbonyl (C=O) groups is 1. The molecule has 8 heteroatoms. The largest absolute Gasteiger partial charge is 0.383 e. The highest BCUT2D eigenvalue weighted by Crippen LogP contribution is 2.12. The molecule has 0 atom stereocenters. The zero-order valence-electron chi connectivity index (χ0n) is 14.4. The van der Waals surface area contributed by atoms with Crippen molar-refractivity contribution in [3.63, 3.8) is 0 Å². The van der Waals surface area contributed by atoms with Crippen LogP contribution in [0.1, 0.15) is 15.9 Å². The van der Waals surface area contributed by atoms with Gasteiger partial charge in [-0.2, -0.15) is 0 Å². The Morgan fingerprint density at radius 2 is 1.85 bits per heavy atom. The molecule has 0 aromatic heterocycles. The summed E-state index contributed by atoms with van der Waals surface area (Å²) < 4.78 is 31.6. The Hall–Kier alpha value is -1.93. The van der Waals surface area contributed by atoms with Gasteiger partial charge in [0.25, 0.3) is 5.91 Å². The van der Waals surface area contributed by atoms with E-state index >= 15 is 0 Å². The molecule has 2 N–H and O–H groups in total. The highest BCUT2D eigenvalue weighted by atomic mass is 35.5. The number of hydrogen-bond donors (Lipinski definition) is 2. The second kappa shape index (κ2) is 9.68. The molecular weight excluding hydrogens is 376 g/mol. The van der Waals surface area contributed by atoms with Crippen molar-refractivity contribution in [3.05, 3.63) is 64.7 Å². The Morgan fingerprint density at radius 3 is 2.54 bits per heavy atom. The molecule has 1 amide bonds. The Balaban J connectivity index is 1.95. The lowest BCUT2D eigenvalue weighted by Gasteiger charge is -2.09. The number of amides is 1. The molecular formula is C18H21ClN2O4S. The quantitative estimate of drug-likeness (QED) is 0.636. The van der Waals surface area contributed by atoms with Gasteiger partial charge in [-0.25, -0.2) is 13.1 Å². The van der Waals surface area contributed by atoms with Gasteiger partial charge in [0.2, 0.25) is 10.0 Å². The number of ether oxygens (including phenoxy) is 1. The van der Waals surface area contributed by atoms with Crippen molar-refractivity contribution in [2.24, 2.45) is 0 Å². The third kappa shape index (κ3) is 6.10. The van der Waals surface area contributed by atoms with E-state index in [9.17, 15) is 13.2 Å². The zero-order chi connectivity index (χ0) is 19.0. The van der Waals surface area contributed by atoms with E-state index in [0.29, 0.717) is 18.0 Å². The van der Waals surface area contributed by atoms with E-state index in [-0.39, 0.29) is 29.5 Å². The summed E-state index contributed by atoms with van der Waals surface area (Å²) in [5, 5.41) is 3.45. The van der Waals surface area contributed by atoms with Crippen LogP contribution in [-0.4, -0.2) is 41.1 Å². The normalized spacial score (nSPS) is 11.3. The average Bonchev–Trinajstić information content (AvgIpc) is 2.63. The molecule has 0 saturated heterocycles. The van der Waals surface area contributed by atoms with Crippen LogP contribution in [0.15, 0.2) is 53.4 Å². The van der Waals surface area contributed by atoms with Gasteiger partial charge in [-0.1, -0.05) is 29.8 Å². The third-order valence-corrected chi connectivity index (χ3v) is 5.33. The first kappa shape index (κ1) is 20.4. The van der Waals surface area contributed by atoms with E-state index in [1.807, 2.05) is 12.1 Å². The molecule has 0 saturated carbocycles. The summed E-state index contributed by atoms with van der Waals surface area (Å²) in [5.41, 5.74) is 1.34. The van der Waals surface area contributed by atoms with E-state index in [2.05, 4.69) is 10.0 Å². The second-order valence-electron chi connectivity index (χ2n) is 5.55. The van der Waals surface area contributed by atoms with E-state index < -0.39 is 10.0 Å². The molecule has 2 rings (SSSR count). The van der Waals surface area contributed by atoms with Crippen LogP contribution in [0.2, 0.25) is 5.02 Å². The predicted octanol–water partition coefficient (Wildman–Crippen LogP) is 2.24. The number of nitrogens with one attached hydrogen (secondary N) is 2. The number of benzene rings is 2. The summed E-state index contributed by atoms with van der Waals surface area (Å²) >= 11 is 5.84. The number of rotatable bonds is 9. The summed E-state index contributed by atoms with van der Waals surface area (Å²) in [5.74, 6) is -0.326. The van der Waals surface area contributed by atoms with Gasteiger partial charge >= 0.3 is 0 Å². The van der Waals surface area contributed by atoms with Gasteiger partial charge in [-0.05, 0) is 42.3 Å². The first-order valence-corrected chi connectivity index (χ1v) is 9.90. The molecule has 2 aromatic rings. The Labute approximate surface area is 158 Å². The number of sulfonamides is 1. The van der Waals surface area contributed by atoms with Crippen LogP contribution in [0.25, 0.3) is 0 Å². The summed E-state index contributed by atoms with van der Waals surface area (Å²) in [7, 11) is -2.19. The predicted molar refractivity (Wildman–Crippen MR) is 101 cm³/mol. The van der Waals surface area contributed by atoms with Crippen molar-refractivity contribution in [1.29, 1.82) is 0 Å². The minimum Gasteiger partial charge on any atom is -0.383 e. The van der Waals surface area contributed by atoms with E-state index in [1.165, 1.54) is 19.2 Å². The number of methoxy groups -OCH3 is 1. The maximum atomic E-state index is 12.3. The van der Waals surface area contributed by atoms with Crippen molar-refractivity contribution in [2.45, 2.75) is 11.3 Å². The molecule has 0 heterocycles. The van der Waals surface area contributed by atoms with Crippen molar-refractivity contribution in [3.8, 4) is 0 Å². The zero-order valence-corrected chi connectivity index (χ0v) is 15.9. The molecule has 0 bridgehead atoms. The number of carbonyl (C=O) groups excluding carboxylic acids is 1. The van der Waals surface area contributed by atoms with Gasteiger partial charge in [0.1, 0.15) is 0 Å². The summed E-state index contributed by atoms with van der Waals surface area (Å²) in [6, 6.07) is 13.3. The summed E-state index contributed by atoms with van der Waals surface area (Å²) in [6.07, 6.45) is 0.652. The van der Waals surface area contributed by atoms with Crippen molar-refractivity contribution < 1.29 is 17.9 Å². The van der Waals surface area contributed by atoms with Crippen molar-refractivity contribution in [1.82, 2.24) is 10.0 Å². The lowest BCUT2D eigenvalue weighted by Crippen LogP contribution is -2.28. The lowest BCUT2D eigenvalue weighted by atomic mass is 10.1. The molecule has 0 spiro atoms. The Morgan fingerprint density at radius 1 is 1.12 bits per heavy atom. The van der Waals surface area contributed by atoms with Gasteiger partial charge in [0, 0.05) is 30.8 Å². The molecule has 0 aliphatic carbocycles. The fourth-order valence-corrected chi connectivity index (χ4v) is 3.42. The van der Waals surface area contributed by atoms with Crippen LogP contribution in [-0.2, 0) is 21.2 Å². The summed E-state index contributed by atoms with van der Waals surface area (Å²) in [6.45, 7) is 0.865. The van der Waals surface area contributed by atoms with Crippen LogP contribution in [0.4, 0.5) is 0 Å². The average molecular weight is 397 g/mol. The van der Waals surface area contributed by atoms with Gasteiger partial charge in [-0.3, -0.25) is 4.79 Å². The molecule has 140 valence electrons. The first-order valence-electron chi connectivity index (χ1n) is 8.04. The molecule has 2 aromatic carbocycles.